The molecular weight excluding hydrogens is 340 g/mol. The van der Waals surface area contributed by atoms with E-state index in [0.717, 1.165) is 17.8 Å². The summed E-state index contributed by atoms with van der Waals surface area (Å²) in [6.45, 7) is 2.21. The number of aromatic nitrogens is 3. The normalized spacial score (nSPS) is 14.0. The number of para-hydroxylation sites is 1. The minimum atomic E-state index is -0.672. The third-order valence-corrected chi connectivity index (χ3v) is 5.28. The molecule has 0 bridgehead atoms. The van der Waals surface area contributed by atoms with Gasteiger partial charge in [0.25, 0.3) is 11.5 Å². The van der Waals surface area contributed by atoms with E-state index in [2.05, 4.69) is 15.5 Å². The number of nitrogens with one attached hydrogen (secondary N) is 1. The van der Waals surface area contributed by atoms with Gasteiger partial charge >= 0.3 is 0 Å². The van der Waals surface area contributed by atoms with Crippen molar-refractivity contribution < 1.29 is 9.90 Å². The van der Waals surface area contributed by atoms with E-state index >= 15 is 0 Å². The fourth-order valence-electron chi connectivity index (χ4n) is 2.85. The molecule has 1 amide bonds. The topological polar surface area (TPSA) is 97.1 Å². The molecule has 0 spiro atoms. The first-order chi connectivity index (χ1) is 12.1. The first kappa shape index (κ1) is 15.8. The number of fused-ring (bicyclic) bond motifs is 1. The highest BCUT2D eigenvalue weighted by molar-refractivity contribution is 7.15. The highest BCUT2D eigenvalue weighted by atomic mass is 32.1. The van der Waals surface area contributed by atoms with Crippen molar-refractivity contribution in [3.63, 3.8) is 0 Å². The predicted octanol–water partition coefficient (Wildman–Crippen LogP) is 2.71. The van der Waals surface area contributed by atoms with Crippen LogP contribution in [0.25, 0.3) is 10.9 Å². The van der Waals surface area contributed by atoms with Crippen molar-refractivity contribution in [1.82, 2.24) is 14.8 Å². The maximum atomic E-state index is 12.7. The van der Waals surface area contributed by atoms with E-state index in [1.165, 1.54) is 15.9 Å². The lowest BCUT2D eigenvalue weighted by Gasteiger charge is -2.12. The molecule has 2 aromatic heterocycles. The molecule has 2 heterocycles. The zero-order valence-electron chi connectivity index (χ0n) is 13.5. The van der Waals surface area contributed by atoms with E-state index < -0.39 is 11.5 Å². The van der Waals surface area contributed by atoms with Crippen molar-refractivity contribution >= 4 is 33.3 Å². The molecule has 1 saturated carbocycles. The number of carbonyl (C=O) groups excluding carboxylic acids is 1. The summed E-state index contributed by atoms with van der Waals surface area (Å²) in [5, 5.41) is 22.8. The summed E-state index contributed by atoms with van der Waals surface area (Å²) in [4.78, 5) is 25.3. The molecule has 0 unspecified atom stereocenters. The van der Waals surface area contributed by atoms with Gasteiger partial charge < -0.3 is 9.67 Å². The fraction of sp³-hybridized carbons (Fsp3) is 0.294. The molecule has 3 aromatic rings. The molecule has 0 saturated heterocycles. The second-order valence-electron chi connectivity index (χ2n) is 5.96. The second-order valence-corrected chi connectivity index (χ2v) is 6.97. The first-order valence-electron chi connectivity index (χ1n) is 8.09. The second kappa shape index (κ2) is 5.96. The van der Waals surface area contributed by atoms with E-state index in [0.29, 0.717) is 28.5 Å². The summed E-state index contributed by atoms with van der Waals surface area (Å²) in [6, 6.07) is 6.96. The van der Waals surface area contributed by atoms with E-state index in [1.54, 1.807) is 24.3 Å². The van der Waals surface area contributed by atoms with Crippen molar-refractivity contribution in [1.29, 1.82) is 0 Å². The molecule has 1 fully saturated rings. The van der Waals surface area contributed by atoms with Crippen molar-refractivity contribution in [2.24, 2.45) is 0 Å². The number of aryl methyl sites for hydroxylation is 1. The third kappa shape index (κ3) is 2.68. The number of anilines is 1. The van der Waals surface area contributed by atoms with Gasteiger partial charge in [0, 0.05) is 17.8 Å². The Kier molecular flexibility index (Phi) is 3.76. The Labute approximate surface area is 146 Å². The zero-order valence-corrected chi connectivity index (χ0v) is 14.3. The molecule has 2 N–H and O–H groups in total. The van der Waals surface area contributed by atoms with Gasteiger partial charge in [-0.15, -0.1) is 10.2 Å². The van der Waals surface area contributed by atoms with Crippen molar-refractivity contribution in [3.05, 3.63) is 45.2 Å². The van der Waals surface area contributed by atoms with Gasteiger partial charge in [0.2, 0.25) is 5.13 Å². The van der Waals surface area contributed by atoms with Crippen molar-refractivity contribution in [3.8, 4) is 5.75 Å². The molecule has 1 aromatic carbocycles. The summed E-state index contributed by atoms with van der Waals surface area (Å²) in [5.74, 6) is -0.543. The van der Waals surface area contributed by atoms with Crippen LogP contribution in [0.15, 0.2) is 29.1 Å². The van der Waals surface area contributed by atoms with Gasteiger partial charge in [-0.25, -0.2) is 0 Å². The lowest BCUT2D eigenvalue weighted by atomic mass is 10.1. The van der Waals surface area contributed by atoms with Crippen LogP contribution in [0.3, 0.4) is 0 Å². The Morgan fingerprint density at radius 3 is 2.84 bits per heavy atom. The highest BCUT2D eigenvalue weighted by Gasteiger charge is 2.28. The van der Waals surface area contributed by atoms with Crippen LogP contribution < -0.4 is 10.9 Å². The SMILES string of the molecule is CCn1c(=O)c(C(=O)Nc2nnc(C3CC3)s2)c(O)c2ccccc21. The van der Waals surface area contributed by atoms with Crippen molar-refractivity contribution in [2.45, 2.75) is 32.2 Å². The summed E-state index contributed by atoms with van der Waals surface area (Å²) >= 11 is 1.31. The monoisotopic (exact) mass is 356 g/mol. The molecular formula is C17H16N4O3S. The smallest absolute Gasteiger partial charge is 0.267 e. The molecule has 128 valence electrons. The number of carbonyl (C=O) groups is 1. The fourth-order valence-corrected chi connectivity index (χ4v) is 3.76. The summed E-state index contributed by atoms with van der Waals surface area (Å²) in [7, 11) is 0. The largest absolute Gasteiger partial charge is 0.506 e. The van der Waals surface area contributed by atoms with Crippen LogP contribution in [0.5, 0.6) is 5.75 Å². The van der Waals surface area contributed by atoms with Gasteiger partial charge in [0.05, 0.1) is 5.52 Å². The standard InChI is InChI=1S/C17H16N4O3S/c1-2-21-11-6-4-3-5-10(11)13(22)12(16(21)24)14(23)18-17-20-19-15(25-17)9-7-8-9/h3-6,9,22H,2,7-8H2,1H3,(H,18,20,23). The molecule has 0 aliphatic heterocycles. The molecule has 8 heteroatoms. The van der Waals surface area contributed by atoms with Gasteiger partial charge in [-0.1, -0.05) is 23.5 Å². The maximum absolute atomic E-state index is 12.7. The number of rotatable bonds is 4. The number of hydrogen-bond acceptors (Lipinski definition) is 6. The van der Waals surface area contributed by atoms with Crippen LogP contribution in [0.2, 0.25) is 0 Å². The van der Waals surface area contributed by atoms with Gasteiger partial charge in [-0.3, -0.25) is 14.9 Å². The van der Waals surface area contributed by atoms with E-state index in [4.69, 9.17) is 0 Å². The van der Waals surface area contributed by atoms with E-state index in [-0.39, 0.29) is 11.3 Å². The molecule has 0 atom stereocenters. The molecule has 7 nitrogen and oxygen atoms in total. The summed E-state index contributed by atoms with van der Waals surface area (Å²) < 4.78 is 1.47. The number of aromatic hydroxyl groups is 1. The number of amides is 1. The molecule has 1 aliphatic carbocycles. The van der Waals surface area contributed by atoms with E-state index in [9.17, 15) is 14.7 Å². The number of pyridine rings is 1. The maximum Gasteiger partial charge on any atom is 0.267 e. The lowest BCUT2D eigenvalue weighted by molar-refractivity contribution is 0.102. The predicted molar refractivity (Wildman–Crippen MR) is 95.4 cm³/mol. The van der Waals surface area contributed by atoms with Crippen LogP contribution in [-0.2, 0) is 6.54 Å². The Balaban J connectivity index is 1.76. The average molecular weight is 356 g/mol. The molecule has 0 radical (unpaired) electrons. The Hall–Kier alpha value is -2.74. The lowest BCUT2D eigenvalue weighted by Crippen LogP contribution is -2.29. The Bertz CT molecular complexity index is 1040. The van der Waals surface area contributed by atoms with Crippen LogP contribution in [-0.4, -0.2) is 25.8 Å². The quantitative estimate of drug-likeness (QED) is 0.749. The van der Waals surface area contributed by atoms with Crippen LogP contribution >= 0.6 is 11.3 Å². The first-order valence-corrected chi connectivity index (χ1v) is 8.91. The number of nitrogens with zero attached hydrogens (tertiary/aromatic N) is 3. The Morgan fingerprint density at radius 2 is 2.12 bits per heavy atom. The minimum Gasteiger partial charge on any atom is -0.506 e. The van der Waals surface area contributed by atoms with Gasteiger partial charge in [-0.2, -0.15) is 0 Å². The molecule has 1 aliphatic rings. The van der Waals surface area contributed by atoms with Gasteiger partial charge in [0.15, 0.2) is 0 Å². The number of hydrogen-bond donors (Lipinski definition) is 2. The van der Waals surface area contributed by atoms with Crippen LogP contribution in [0.1, 0.15) is 41.0 Å². The molecule has 25 heavy (non-hydrogen) atoms. The van der Waals surface area contributed by atoms with Gasteiger partial charge in [0.1, 0.15) is 16.3 Å². The third-order valence-electron chi connectivity index (χ3n) is 4.28. The van der Waals surface area contributed by atoms with E-state index in [1.807, 2.05) is 6.92 Å². The summed E-state index contributed by atoms with van der Waals surface area (Å²) in [6.07, 6.45) is 2.19. The highest BCUT2D eigenvalue weighted by Crippen LogP contribution is 2.42. The van der Waals surface area contributed by atoms with Crippen LogP contribution in [0, 0.1) is 0 Å². The van der Waals surface area contributed by atoms with Crippen molar-refractivity contribution in [2.75, 3.05) is 5.32 Å². The number of benzene rings is 1. The minimum absolute atomic E-state index is 0.274. The Morgan fingerprint density at radius 1 is 1.36 bits per heavy atom. The van der Waals surface area contributed by atoms with Crippen LogP contribution in [0.4, 0.5) is 5.13 Å². The van der Waals surface area contributed by atoms with Gasteiger partial charge in [-0.05, 0) is 31.9 Å². The summed E-state index contributed by atoms with van der Waals surface area (Å²) in [5.41, 5.74) is -0.206. The average Bonchev–Trinajstić information content (AvgIpc) is 3.35. The molecule has 4 rings (SSSR count). The zero-order chi connectivity index (χ0) is 17.6.